The van der Waals surface area contributed by atoms with Gasteiger partial charge in [0.25, 0.3) is 5.69 Å². The van der Waals surface area contributed by atoms with E-state index in [-0.39, 0.29) is 17.1 Å². The molecule has 0 spiro atoms. The second-order valence-electron chi connectivity index (χ2n) is 5.51. The second kappa shape index (κ2) is 7.32. The molecule has 10 heteroatoms. The van der Waals surface area contributed by atoms with Crippen molar-refractivity contribution in [2.45, 2.75) is 19.0 Å². The van der Waals surface area contributed by atoms with Crippen LogP contribution in [0.5, 0.6) is 0 Å². The van der Waals surface area contributed by atoms with Gasteiger partial charge in [-0.3, -0.25) is 10.1 Å². The van der Waals surface area contributed by atoms with E-state index in [4.69, 9.17) is 0 Å². The number of nitro groups is 1. The average molecular weight is 382 g/mol. The van der Waals surface area contributed by atoms with Crippen LogP contribution in [0.2, 0.25) is 0 Å². The average Bonchev–Trinajstić information content (AvgIpc) is 3.11. The van der Waals surface area contributed by atoms with E-state index in [1.54, 1.807) is 0 Å². The molecule has 3 rings (SSSR count). The Balaban J connectivity index is 1.79. The van der Waals surface area contributed by atoms with E-state index >= 15 is 0 Å². The number of alkyl halides is 3. The Hall–Kier alpha value is -2.62. The van der Waals surface area contributed by atoms with Crippen molar-refractivity contribution >= 4 is 34.6 Å². The Morgan fingerprint density at radius 2 is 2.12 bits per heavy atom. The fourth-order valence-corrected chi connectivity index (χ4v) is 3.15. The number of allylic oxidation sites excluding steroid dienone is 2. The predicted molar refractivity (Wildman–Crippen MR) is 95.7 cm³/mol. The molecule has 0 bridgehead atoms. The zero-order valence-corrected chi connectivity index (χ0v) is 14.1. The normalized spacial score (nSPS) is 16.8. The minimum Gasteiger partial charge on any atom is -0.375 e. The highest BCUT2D eigenvalue weighted by atomic mass is 32.2. The molecule has 0 saturated heterocycles. The van der Waals surface area contributed by atoms with Crippen molar-refractivity contribution in [1.29, 1.82) is 0 Å². The summed E-state index contributed by atoms with van der Waals surface area (Å²) in [6, 6.07) is 4.08. The number of nitro benzene ring substituents is 1. The number of nitrogens with one attached hydrogen (secondary N) is 1. The van der Waals surface area contributed by atoms with Crippen LogP contribution in [-0.4, -0.2) is 29.1 Å². The summed E-state index contributed by atoms with van der Waals surface area (Å²) in [5.41, 5.74) is -0.403. The molecular formula is C16H13F3N4O2S. The van der Waals surface area contributed by atoms with Crippen LogP contribution in [0, 0.1) is 10.1 Å². The SMILES string of the molecule is O=[N+]([O-])c1ccc(C2=NN=C(C(F)(F)F)C2)cc1NCC1=CCC=CS1. The first-order valence-corrected chi connectivity index (χ1v) is 8.46. The van der Waals surface area contributed by atoms with Gasteiger partial charge in [0.15, 0.2) is 0 Å². The lowest BCUT2D eigenvalue weighted by molar-refractivity contribution is -0.384. The van der Waals surface area contributed by atoms with Crippen molar-refractivity contribution in [2.24, 2.45) is 10.2 Å². The molecule has 26 heavy (non-hydrogen) atoms. The van der Waals surface area contributed by atoms with Crippen molar-refractivity contribution in [2.75, 3.05) is 11.9 Å². The molecule has 2 aliphatic rings. The molecule has 0 unspecified atom stereocenters. The first-order chi connectivity index (χ1) is 12.3. The minimum atomic E-state index is -4.54. The van der Waals surface area contributed by atoms with Gasteiger partial charge in [-0.1, -0.05) is 12.2 Å². The minimum absolute atomic E-state index is 0.129. The fraction of sp³-hybridized carbons (Fsp3) is 0.250. The van der Waals surface area contributed by atoms with Gasteiger partial charge < -0.3 is 5.32 Å². The van der Waals surface area contributed by atoms with Crippen LogP contribution in [0.15, 0.2) is 50.9 Å². The summed E-state index contributed by atoms with van der Waals surface area (Å²) < 4.78 is 38.1. The number of hydrogen-bond acceptors (Lipinski definition) is 6. The van der Waals surface area contributed by atoms with E-state index in [9.17, 15) is 23.3 Å². The molecule has 2 aliphatic heterocycles. The molecule has 0 radical (unpaired) electrons. The van der Waals surface area contributed by atoms with Crippen LogP contribution < -0.4 is 5.32 Å². The summed E-state index contributed by atoms with van der Waals surface area (Å²) in [5.74, 6) is 0. The quantitative estimate of drug-likeness (QED) is 0.594. The number of benzene rings is 1. The molecule has 1 aromatic rings. The molecule has 0 aliphatic carbocycles. The Morgan fingerprint density at radius 3 is 2.73 bits per heavy atom. The molecule has 0 atom stereocenters. The number of halogens is 3. The van der Waals surface area contributed by atoms with Crippen LogP contribution in [0.3, 0.4) is 0 Å². The van der Waals surface area contributed by atoms with Crippen molar-refractivity contribution in [3.05, 3.63) is 56.3 Å². The summed E-state index contributed by atoms with van der Waals surface area (Å²) in [6.45, 7) is 0.385. The highest BCUT2D eigenvalue weighted by molar-refractivity contribution is 8.05. The van der Waals surface area contributed by atoms with Crippen molar-refractivity contribution in [3.63, 3.8) is 0 Å². The van der Waals surface area contributed by atoms with Gasteiger partial charge in [-0.05, 0) is 24.0 Å². The zero-order valence-electron chi connectivity index (χ0n) is 13.3. The number of hydrogen-bond donors (Lipinski definition) is 1. The van der Waals surface area contributed by atoms with Gasteiger partial charge in [-0.15, -0.1) is 16.9 Å². The fourth-order valence-electron chi connectivity index (χ4n) is 2.42. The lowest BCUT2D eigenvalue weighted by Gasteiger charge is -2.12. The number of nitrogens with zero attached hydrogens (tertiary/aromatic N) is 3. The predicted octanol–water partition coefficient (Wildman–Crippen LogP) is 4.65. The summed E-state index contributed by atoms with van der Waals surface area (Å²) in [6.07, 6.45) is -0.204. The third-order valence-corrected chi connectivity index (χ3v) is 4.67. The van der Waals surface area contributed by atoms with Gasteiger partial charge in [-0.2, -0.15) is 18.3 Å². The zero-order chi connectivity index (χ0) is 18.7. The van der Waals surface area contributed by atoms with Gasteiger partial charge >= 0.3 is 6.18 Å². The van der Waals surface area contributed by atoms with Crippen molar-refractivity contribution in [1.82, 2.24) is 0 Å². The summed E-state index contributed by atoms with van der Waals surface area (Å²) in [4.78, 5) is 11.7. The monoisotopic (exact) mass is 382 g/mol. The Labute approximate surface area is 150 Å². The second-order valence-corrected chi connectivity index (χ2v) is 6.54. The Kier molecular flexibility index (Phi) is 5.12. The summed E-state index contributed by atoms with van der Waals surface area (Å²) in [7, 11) is 0. The maximum atomic E-state index is 12.7. The largest absolute Gasteiger partial charge is 0.431 e. The van der Waals surface area contributed by atoms with Crippen LogP contribution in [-0.2, 0) is 0 Å². The summed E-state index contributed by atoms with van der Waals surface area (Å²) in [5, 5.41) is 22.9. The first kappa shape index (κ1) is 18.2. The smallest absolute Gasteiger partial charge is 0.375 e. The van der Waals surface area contributed by atoms with E-state index in [1.807, 2.05) is 17.6 Å². The molecule has 1 aromatic carbocycles. The first-order valence-electron chi connectivity index (χ1n) is 7.58. The molecule has 2 heterocycles. The van der Waals surface area contributed by atoms with Gasteiger partial charge in [-0.25, -0.2) is 0 Å². The molecule has 0 amide bonds. The van der Waals surface area contributed by atoms with Crippen LogP contribution in [0.4, 0.5) is 24.5 Å². The third-order valence-electron chi connectivity index (χ3n) is 3.73. The molecule has 0 aromatic heterocycles. The van der Waals surface area contributed by atoms with E-state index in [0.29, 0.717) is 12.1 Å². The van der Waals surface area contributed by atoms with Crippen LogP contribution >= 0.6 is 11.8 Å². The number of thioether (sulfide) groups is 1. The van der Waals surface area contributed by atoms with Gasteiger partial charge in [0.2, 0.25) is 0 Å². The van der Waals surface area contributed by atoms with Gasteiger partial charge in [0.1, 0.15) is 11.4 Å². The molecule has 1 N–H and O–H groups in total. The maximum Gasteiger partial charge on any atom is 0.431 e. The molecule has 0 fully saturated rings. The van der Waals surface area contributed by atoms with Crippen molar-refractivity contribution in [3.8, 4) is 0 Å². The van der Waals surface area contributed by atoms with Gasteiger partial charge in [0.05, 0.1) is 10.6 Å². The lowest BCUT2D eigenvalue weighted by atomic mass is 10.0. The molecule has 136 valence electrons. The molecular weight excluding hydrogens is 369 g/mol. The van der Waals surface area contributed by atoms with Crippen molar-refractivity contribution < 1.29 is 18.1 Å². The number of anilines is 1. The maximum absolute atomic E-state index is 12.7. The Morgan fingerprint density at radius 1 is 1.31 bits per heavy atom. The van der Waals surface area contributed by atoms with Gasteiger partial charge in [0, 0.05) is 29.5 Å². The lowest BCUT2D eigenvalue weighted by Crippen LogP contribution is -2.23. The summed E-state index contributed by atoms with van der Waals surface area (Å²) >= 11 is 1.51. The topological polar surface area (TPSA) is 79.9 Å². The molecule has 0 saturated carbocycles. The standard InChI is InChI=1S/C16H13F3N4O2S/c17-16(18,19)15-8-12(21-22-15)10-4-5-14(23(24)25)13(7-10)20-9-11-3-1-2-6-26-11/h2-7,20H,1,8-9H2. The van der Waals surface area contributed by atoms with E-state index in [2.05, 4.69) is 15.5 Å². The molecule has 6 nitrogen and oxygen atoms in total. The Bertz CT molecular complexity index is 860. The number of rotatable bonds is 5. The van der Waals surface area contributed by atoms with E-state index < -0.39 is 23.2 Å². The highest BCUT2D eigenvalue weighted by Gasteiger charge is 2.39. The van der Waals surface area contributed by atoms with Crippen LogP contribution in [0.25, 0.3) is 0 Å². The van der Waals surface area contributed by atoms with Crippen LogP contribution in [0.1, 0.15) is 18.4 Å². The third kappa shape index (κ3) is 4.13. The van der Waals surface area contributed by atoms with E-state index in [1.165, 1.54) is 30.0 Å². The highest BCUT2D eigenvalue weighted by Crippen LogP contribution is 2.30. The van der Waals surface area contributed by atoms with E-state index in [0.717, 1.165) is 11.3 Å².